The minimum absolute atomic E-state index is 0.225. The molecule has 1 heterocycles. The predicted octanol–water partition coefficient (Wildman–Crippen LogP) is 3.17. The zero-order valence-electron chi connectivity index (χ0n) is 13.9. The number of rotatable bonds is 6. The molecule has 1 saturated carbocycles. The van der Waals surface area contributed by atoms with E-state index in [0.29, 0.717) is 0 Å². The second kappa shape index (κ2) is 7.67. The molecule has 1 aliphatic carbocycles. The van der Waals surface area contributed by atoms with Gasteiger partial charge in [-0.05, 0) is 42.7 Å². The van der Waals surface area contributed by atoms with Gasteiger partial charge in [0, 0.05) is 48.9 Å². The van der Waals surface area contributed by atoms with E-state index in [9.17, 15) is 0 Å². The van der Waals surface area contributed by atoms with E-state index in [-0.39, 0.29) is 5.41 Å². The first-order valence-corrected chi connectivity index (χ1v) is 8.70. The largest absolute Gasteiger partial charge is 0.356 e. The van der Waals surface area contributed by atoms with Gasteiger partial charge in [-0.3, -0.25) is 9.98 Å². The van der Waals surface area contributed by atoms with Crippen LogP contribution in [0.1, 0.15) is 24.1 Å². The molecule has 24 heavy (non-hydrogen) atoms. The highest BCUT2D eigenvalue weighted by Gasteiger charge is 2.44. The molecule has 5 heteroatoms. The summed E-state index contributed by atoms with van der Waals surface area (Å²) < 4.78 is 0. The van der Waals surface area contributed by atoms with Crippen LogP contribution in [0.5, 0.6) is 0 Å². The summed E-state index contributed by atoms with van der Waals surface area (Å²) in [4.78, 5) is 8.64. The van der Waals surface area contributed by atoms with Gasteiger partial charge in [-0.2, -0.15) is 0 Å². The van der Waals surface area contributed by atoms with Gasteiger partial charge in [0.1, 0.15) is 0 Å². The molecule has 3 rings (SSSR count). The average Bonchev–Trinajstić information content (AvgIpc) is 3.40. The number of nitrogens with zero attached hydrogens (tertiary/aromatic N) is 2. The van der Waals surface area contributed by atoms with Gasteiger partial charge in [-0.15, -0.1) is 0 Å². The Morgan fingerprint density at radius 2 is 1.96 bits per heavy atom. The Morgan fingerprint density at radius 1 is 1.17 bits per heavy atom. The molecule has 0 aliphatic heterocycles. The number of hydrogen-bond acceptors (Lipinski definition) is 2. The predicted molar refractivity (Wildman–Crippen MR) is 99.7 cm³/mol. The van der Waals surface area contributed by atoms with Crippen molar-refractivity contribution in [2.24, 2.45) is 4.99 Å². The monoisotopic (exact) mass is 342 g/mol. The first kappa shape index (κ1) is 16.8. The molecule has 126 valence electrons. The van der Waals surface area contributed by atoms with Crippen LogP contribution in [0.25, 0.3) is 0 Å². The summed E-state index contributed by atoms with van der Waals surface area (Å²) in [5.41, 5.74) is 2.66. The molecule has 2 aromatic rings. The van der Waals surface area contributed by atoms with Crippen LogP contribution in [-0.4, -0.2) is 31.1 Å². The minimum atomic E-state index is 0.225. The fraction of sp³-hybridized carbons (Fsp3) is 0.368. The highest BCUT2D eigenvalue weighted by Crippen LogP contribution is 2.47. The van der Waals surface area contributed by atoms with Crippen molar-refractivity contribution in [3.63, 3.8) is 0 Å². The van der Waals surface area contributed by atoms with Gasteiger partial charge < -0.3 is 10.6 Å². The zero-order valence-corrected chi connectivity index (χ0v) is 14.7. The minimum Gasteiger partial charge on any atom is -0.356 e. The normalized spacial score (nSPS) is 15.8. The maximum Gasteiger partial charge on any atom is 0.191 e. The molecular formula is C19H23ClN4. The number of hydrogen-bond donors (Lipinski definition) is 2. The second-order valence-corrected chi connectivity index (χ2v) is 6.65. The van der Waals surface area contributed by atoms with Gasteiger partial charge in [-0.25, -0.2) is 0 Å². The molecule has 1 fully saturated rings. The van der Waals surface area contributed by atoms with E-state index in [4.69, 9.17) is 11.6 Å². The Bertz CT molecular complexity index is 678. The van der Waals surface area contributed by atoms with Crippen LogP contribution >= 0.6 is 11.6 Å². The lowest BCUT2D eigenvalue weighted by atomic mass is 9.96. The van der Waals surface area contributed by atoms with Crippen LogP contribution < -0.4 is 10.6 Å². The van der Waals surface area contributed by atoms with E-state index in [0.717, 1.165) is 36.2 Å². The van der Waals surface area contributed by atoms with Crippen LogP contribution in [0.2, 0.25) is 5.02 Å². The fourth-order valence-electron chi connectivity index (χ4n) is 2.85. The van der Waals surface area contributed by atoms with E-state index < -0.39 is 0 Å². The Morgan fingerprint density at radius 3 is 2.58 bits per heavy atom. The molecule has 1 aromatic heterocycles. The third-order valence-electron chi connectivity index (χ3n) is 4.53. The molecule has 2 N–H and O–H groups in total. The Labute approximate surface area is 148 Å². The molecule has 0 spiro atoms. The van der Waals surface area contributed by atoms with Crippen molar-refractivity contribution in [2.75, 3.05) is 20.1 Å². The Kier molecular flexibility index (Phi) is 5.36. The summed E-state index contributed by atoms with van der Waals surface area (Å²) in [6, 6.07) is 14.2. The quantitative estimate of drug-likeness (QED) is 0.626. The summed E-state index contributed by atoms with van der Waals surface area (Å²) in [5, 5.41) is 7.60. The first-order valence-electron chi connectivity index (χ1n) is 8.32. The SMILES string of the molecule is CN=C(NCCc1ccccn1)NCC1(c2ccc(Cl)cc2)CC1. The molecule has 4 nitrogen and oxygen atoms in total. The fourth-order valence-corrected chi connectivity index (χ4v) is 2.98. The summed E-state index contributed by atoms with van der Waals surface area (Å²) in [6.45, 7) is 1.70. The maximum atomic E-state index is 5.99. The van der Waals surface area contributed by atoms with Gasteiger partial charge in [0.2, 0.25) is 0 Å². The second-order valence-electron chi connectivity index (χ2n) is 6.21. The average molecular weight is 343 g/mol. The summed E-state index contributed by atoms with van der Waals surface area (Å²) >= 11 is 5.99. The zero-order chi connectivity index (χ0) is 16.8. The lowest BCUT2D eigenvalue weighted by Gasteiger charge is -2.19. The van der Waals surface area contributed by atoms with Crippen molar-refractivity contribution in [2.45, 2.75) is 24.7 Å². The third kappa shape index (κ3) is 4.26. The molecule has 0 bridgehead atoms. The summed E-state index contributed by atoms with van der Waals surface area (Å²) in [7, 11) is 1.80. The van der Waals surface area contributed by atoms with Crippen molar-refractivity contribution in [3.8, 4) is 0 Å². The molecule has 0 radical (unpaired) electrons. The number of pyridine rings is 1. The van der Waals surface area contributed by atoms with Crippen LogP contribution in [0.3, 0.4) is 0 Å². The standard InChI is InChI=1S/C19H23ClN4/c1-21-18(23-13-9-17-4-2-3-12-22-17)24-14-19(10-11-19)15-5-7-16(20)8-6-15/h2-8,12H,9-11,13-14H2,1H3,(H2,21,23,24). The third-order valence-corrected chi connectivity index (χ3v) is 4.78. The number of aromatic nitrogens is 1. The van der Waals surface area contributed by atoms with E-state index in [1.54, 1.807) is 7.05 Å². The number of guanidine groups is 1. The van der Waals surface area contributed by atoms with E-state index >= 15 is 0 Å². The van der Waals surface area contributed by atoms with Gasteiger partial charge in [0.15, 0.2) is 5.96 Å². The number of benzene rings is 1. The van der Waals surface area contributed by atoms with Crippen LogP contribution in [0, 0.1) is 0 Å². The summed E-state index contributed by atoms with van der Waals surface area (Å²) in [6.07, 6.45) is 5.11. The van der Waals surface area contributed by atoms with Gasteiger partial charge >= 0.3 is 0 Å². The molecular weight excluding hydrogens is 320 g/mol. The highest BCUT2D eigenvalue weighted by atomic mass is 35.5. The van der Waals surface area contributed by atoms with Gasteiger partial charge in [0.05, 0.1) is 0 Å². The maximum absolute atomic E-state index is 5.99. The van der Waals surface area contributed by atoms with Gasteiger partial charge in [-0.1, -0.05) is 29.8 Å². The number of aliphatic imine (C=N–C) groups is 1. The molecule has 0 unspecified atom stereocenters. The topological polar surface area (TPSA) is 49.3 Å². The molecule has 1 aromatic carbocycles. The molecule has 0 atom stereocenters. The van der Waals surface area contributed by atoms with Crippen LogP contribution in [-0.2, 0) is 11.8 Å². The lowest BCUT2D eigenvalue weighted by molar-refractivity contribution is 0.645. The Balaban J connectivity index is 1.48. The number of nitrogens with one attached hydrogen (secondary N) is 2. The lowest BCUT2D eigenvalue weighted by Crippen LogP contribution is -2.42. The van der Waals surface area contributed by atoms with Crippen molar-refractivity contribution >= 4 is 17.6 Å². The summed E-state index contributed by atoms with van der Waals surface area (Å²) in [5.74, 6) is 0.839. The molecule has 0 amide bonds. The molecule has 1 aliphatic rings. The smallest absolute Gasteiger partial charge is 0.191 e. The number of halogens is 1. The van der Waals surface area contributed by atoms with Crippen LogP contribution in [0.15, 0.2) is 53.7 Å². The van der Waals surface area contributed by atoms with E-state index in [1.165, 1.54) is 18.4 Å². The van der Waals surface area contributed by atoms with Crippen molar-refractivity contribution in [1.82, 2.24) is 15.6 Å². The highest BCUT2D eigenvalue weighted by molar-refractivity contribution is 6.30. The van der Waals surface area contributed by atoms with Crippen molar-refractivity contribution in [3.05, 3.63) is 64.9 Å². The van der Waals surface area contributed by atoms with E-state index in [1.807, 2.05) is 36.5 Å². The molecule has 0 saturated heterocycles. The van der Waals surface area contributed by atoms with Gasteiger partial charge in [0.25, 0.3) is 0 Å². The van der Waals surface area contributed by atoms with Crippen molar-refractivity contribution < 1.29 is 0 Å². The van der Waals surface area contributed by atoms with Crippen LogP contribution in [0.4, 0.5) is 0 Å². The Hall–Kier alpha value is -2.07. The van der Waals surface area contributed by atoms with Crippen molar-refractivity contribution in [1.29, 1.82) is 0 Å². The van der Waals surface area contributed by atoms with E-state index in [2.05, 4.69) is 32.7 Å². The first-order chi connectivity index (χ1) is 11.7.